The first-order valence-electron chi connectivity index (χ1n) is 8.22. The van der Waals surface area contributed by atoms with Crippen molar-refractivity contribution in [1.82, 2.24) is 5.32 Å². The highest BCUT2D eigenvalue weighted by atomic mass is 16.6. The molecule has 1 N–H and O–H groups in total. The second-order valence-corrected chi connectivity index (χ2v) is 6.95. The maximum absolute atomic E-state index is 12.2. The number of hydrogen-bond donors (Lipinski definition) is 1. The number of nitrogens with one attached hydrogen (secondary N) is 1. The first kappa shape index (κ1) is 21.5. The summed E-state index contributed by atoms with van der Waals surface area (Å²) in [4.78, 5) is 26.9. The Labute approximate surface area is 153 Å². The number of methoxy groups -OCH3 is 1. The molecule has 26 heavy (non-hydrogen) atoms. The predicted octanol–water partition coefficient (Wildman–Crippen LogP) is 3.77. The molecule has 142 valence electrons. The Morgan fingerprint density at radius 2 is 1.77 bits per heavy atom. The van der Waals surface area contributed by atoms with Crippen molar-refractivity contribution in [3.63, 3.8) is 0 Å². The normalized spacial score (nSPS) is 10.9. The van der Waals surface area contributed by atoms with E-state index in [0.717, 1.165) is 16.7 Å². The number of azide groups is 1. The van der Waals surface area contributed by atoms with Crippen LogP contribution < -0.4 is 5.32 Å². The number of carbonyl (C=O) groups excluding carboxylic acids is 2. The van der Waals surface area contributed by atoms with E-state index in [4.69, 9.17) is 15.0 Å². The van der Waals surface area contributed by atoms with E-state index < -0.39 is 11.6 Å². The van der Waals surface area contributed by atoms with Gasteiger partial charge in [0.05, 0.1) is 19.2 Å². The van der Waals surface area contributed by atoms with E-state index in [2.05, 4.69) is 15.3 Å². The molecule has 0 aliphatic heterocycles. The molecule has 0 aliphatic rings. The van der Waals surface area contributed by atoms with Gasteiger partial charge in [-0.05, 0) is 69.3 Å². The molecule has 0 amide bonds. The zero-order valence-corrected chi connectivity index (χ0v) is 16.4. The number of rotatable bonds is 6. The molecule has 0 heterocycles. The number of carbonyl (C=O) groups is 2. The van der Waals surface area contributed by atoms with E-state index in [0.29, 0.717) is 23.4 Å². The number of esters is 2. The molecule has 0 aromatic heterocycles. The standard InChI is InChI=1S/C18H26N4O4/c1-10-13(8-20-9-14(23)26-18(4,5)6)11(2)16(21-22-19)12(3)15(10)17(24)25-7/h20H,8-9H2,1-7H3. The lowest BCUT2D eigenvalue weighted by Crippen LogP contribution is -2.31. The highest BCUT2D eigenvalue weighted by Crippen LogP contribution is 2.34. The van der Waals surface area contributed by atoms with Crippen LogP contribution in [-0.4, -0.2) is 31.2 Å². The summed E-state index contributed by atoms with van der Waals surface area (Å²) in [7, 11) is 1.30. The fourth-order valence-electron chi connectivity index (χ4n) is 2.79. The lowest BCUT2D eigenvalue weighted by molar-refractivity contribution is -0.153. The molecule has 8 nitrogen and oxygen atoms in total. The third-order valence-electron chi connectivity index (χ3n) is 3.89. The molecule has 0 aliphatic carbocycles. The molecular formula is C18H26N4O4. The van der Waals surface area contributed by atoms with Crippen LogP contribution in [-0.2, 0) is 20.8 Å². The quantitative estimate of drug-likeness (QED) is 0.358. The van der Waals surface area contributed by atoms with E-state index in [1.165, 1.54) is 7.11 Å². The van der Waals surface area contributed by atoms with Crippen molar-refractivity contribution in [1.29, 1.82) is 0 Å². The molecule has 0 bridgehead atoms. The third-order valence-corrected chi connectivity index (χ3v) is 3.89. The number of ether oxygens (including phenoxy) is 2. The minimum absolute atomic E-state index is 0.0223. The van der Waals surface area contributed by atoms with Crippen LogP contribution in [0.15, 0.2) is 5.11 Å². The molecular weight excluding hydrogens is 336 g/mol. The molecule has 1 aromatic carbocycles. The van der Waals surface area contributed by atoms with Crippen molar-refractivity contribution in [2.75, 3.05) is 13.7 Å². The van der Waals surface area contributed by atoms with E-state index in [9.17, 15) is 9.59 Å². The van der Waals surface area contributed by atoms with Crippen molar-refractivity contribution in [2.45, 2.75) is 53.7 Å². The van der Waals surface area contributed by atoms with Gasteiger partial charge in [-0.1, -0.05) is 5.11 Å². The highest BCUT2D eigenvalue weighted by molar-refractivity contribution is 5.95. The van der Waals surface area contributed by atoms with Crippen LogP contribution >= 0.6 is 0 Å². The lowest BCUT2D eigenvalue weighted by atomic mass is 9.91. The number of benzene rings is 1. The van der Waals surface area contributed by atoms with Crippen molar-refractivity contribution in [3.05, 3.63) is 38.3 Å². The Bertz CT molecular complexity index is 760. The number of hydrogen-bond acceptors (Lipinski definition) is 6. The Balaban J connectivity index is 3.18. The summed E-state index contributed by atoms with van der Waals surface area (Å²) in [6.45, 7) is 11.1. The largest absolute Gasteiger partial charge is 0.465 e. The van der Waals surface area contributed by atoms with Crippen molar-refractivity contribution in [2.24, 2.45) is 5.11 Å². The molecule has 0 radical (unpaired) electrons. The van der Waals surface area contributed by atoms with E-state index in [1.807, 2.05) is 6.92 Å². The van der Waals surface area contributed by atoms with Gasteiger partial charge < -0.3 is 14.8 Å². The summed E-state index contributed by atoms with van der Waals surface area (Å²) in [6.07, 6.45) is 0. The summed E-state index contributed by atoms with van der Waals surface area (Å²) >= 11 is 0. The fourth-order valence-corrected chi connectivity index (χ4v) is 2.79. The fraction of sp³-hybridized carbons (Fsp3) is 0.556. The molecule has 0 saturated carbocycles. The topological polar surface area (TPSA) is 113 Å². The summed E-state index contributed by atoms with van der Waals surface area (Å²) in [5.74, 6) is -0.869. The van der Waals surface area contributed by atoms with E-state index >= 15 is 0 Å². The highest BCUT2D eigenvalue weighted by Gasteiger charge is 2.22. The second kappa shape index (κ2) is 8.69. The van der Waals surface area contributed by atoms with Gasteiger partial charge >= 0.3 is 11.9 Å². The Morgan fingerprint density at radius 1 is 1.15 bits per heavy atom. The van der Waals surface area contributed by atoms with Crippen molar-refractivity contribution < 1.29 is 19.1 Å². The zero-order valence-electron chi connectivity index (χ0n) is 16.4. The van der Waals surface area contributed by atoms with Gasteiger partial charge in [0.15, 0.2) is 0 Å². The summed E-state index contributed by atoms with van der Waals surface area (Å²) in [5.41, 5.74) is 11.9. The van der Waals surface area contributed by atoms with Crippen LogP contribution in [0.4, 0.5) is 5.69 Å². The van der Waals surface area contributed by atoms with Gasteiger partial charge in [0.2, 0.25) is 0 Å². The van der Waals surface area contributed by atoms with E-state index in [1.54, 1.807) is 34.6 Å². The monoisotopic (exact) mass is 362 g/mol. The van der Waals surface area contributed by atoms with Crippen LogP contribution in [0.2, 0.25) is 0 Å². The molecule has 0 saturated heterocycles. The van der Waals surface area contributed by atoms with Gasteiger partial charge in [0.25, 0.3) is 0 Å². The number of nitrogens with zero attached hydrogens (tertiary/aromatic N) is 3. The van der Waals surface area contributed by atoms with Gasteiger partial charge in [-0.3, -0.25) is 4.79 Å². The summed E-state index contributed by atoms with van der Waals surface area (Å²) < 4.78 is 10.1. The van der Waals surface area contributed by atoms with E-state index in [-0.39, 0.29) is 12.5 Å². The van der Waals surface area contributed by atoms with Gasteiger partial charge in [0, 0.05) is 17.1 Å². The minimum atomic E-state index is -0.554. The first-order chi connectivity index (χ1) is 12.0. The Morgan fingerprint density at radius 3 is 2.27 bits per heavy atom. The maximum Gasteiger partial charge on any atom is 0.338 e. The molecule has 0 atom stereocenters. The summed E-state index contributed by atoms with van der Waals surface area (Å²) in [5, 5.41) is 6.75. The third kappa shape index (κ3) is 5.21. The first-order valence-corrected chi connectivity index (χ1v) is 8.22. The second-order valence-electron chi connectivity index (χ2n) is 6.95. The smallest absolute Gasteiger partial charge is 0.338 e. The minimum Gasteiger partial charge on any atom is -0.465 e. The molecule has 8 heteroatoms. The molecule has 1 rings (SSSR count). The molecule has 0 fully saturated rings. The van der Waals surface area contributed by atoms with Crippen molar-refractivity contribution >= 4 is 17.6 Å². The average molecular weight is 362 g/mol. The van der Waals surface area contributed by atoms with Crippen LogP contribution in [0.1, 0.15) is 53.4 Å². The maximum atomic E-state index is 12.2. The van der Waals surface area contributed by atoms with Crippen LogP contribution in [0.3, 0.4) is 0 Å². The van der Waals surface area contributed by atoms with Gasteiger partial charge in [-0.15, -0.1) is 0 Å². The van der Waals surface area contributed by atoms with Crippen LogP contribution in [0.5, 0.6) is 0 Å². The summed E-state index contributed by atoms with van der Waals surface area (Å²) in [6, 6.07) is 0. The predicted molar refractivity (Wildman–Crippen MR) is 98.4 cm³/mol. The Kier molecular flexibility index (Phi) is 7.18. The SMILES string of the molecule is COC(=O)c1c(C)c(CNCC(=O)OC(C)(C)C)c(C)c(N=[N+]=[N-])c1C. The van der Waals surface area contributed by atoms with Crippen molar-refractivity contribution in [3.8, 4) is 0 Å². The van der Waals surface area contributed by atoms with Crippen LogP contribution in [0.25, 0.3) is 10.4 Å². The zero-order chi connectivity index (χ0) is 20.1. The average Bonchev–Trinajstić information content (AvgIpc) is 2.52. The molecule has 0 spiro atoms. The van der Waals surface area contributed by atoms with Crippen LogP contribution in [0, 0.1) is 20.8 Å². The van der Waals surface area contributed by atoms with Gasteiger partial charge in [-0.25, -0.2) is 4.79 Å². The molecule has 1 aromatic rings. The van der Waals surface area contributed by atoms with Gasteiger partial charge in [0.1, 0.15) is 5.60 Å². The lowest BCUT2D eigenvalue weighted by Gasteiger charge is -2.21. The Hall–Kier alpha value is -2.57. The van der Waals surface area contributed by atoms with Gasteiger partial charge in [-0.2, -0.15) is 0 Å². The molecule has 0 unspecified atom stereocenters.